The molecule has 0 amide bonds. The van der Waals surface area contributed by atoms with E-state index in [9.17, 15) is 55.2 Å². The van der Waals surface area contributed by atoms with Gasteiger partial charge in [-0.3, -0.25) is 14.4 Å². The quantitative estimate of drug-likeness (QED) is 0.0970. The van der Waals surface area contributed by atoms with E-state index in [1.54, 1.807) is 0 Å². The maximum atomic E-state index is 12.7. The molecule has 266 valence electrons. The van der Waals surface area contributed by atoms with Gasteiger partial charge in [0.05, 0.1) is 25.0 Å². The zero-order valence-corrected chi connectivity index (χ0v) is 25.3. The molecule has 1 aromatic carbocycles. The first-order valence-corrected chi connectivity index (χ1v) is 14.9. The number of phenolic OH excluding ortho intramolecular Hbond substituents is 1. The summed E-state index contributed by atoms with van der Waals surface area (Å²) >= 11 is 0. The maximum Gasteiger partial charge on any atom is 0.306 e. The molecule has 0 aromatic heterocycles. The fourth-order valence-electron chi connectivity index (χ4n) is 5.18. The highest BCUT2D eigenvalue weighted by Gasteiger charge is 2.47. The standard InChI is InChI=1S/C31H34O18/c32-10-19-23(38)25(40)27(42)30(48-19)46-17-8-14(34)7-16-15(17)9-18(29(45-16)12-1-3-13(33)4-2-12)47-31-28(43)26(41)24(39)20(49-31)11-44-22(37)6-5-21(35)36/h1-4,7-9,19-20,23-28,30-33,38-43H,5-6,10-11H2,(H,35,36)/t19-,20-,23-,24-,25+,26+,27-,28-,30-,31-/m1/s1. The van der Waals surface area contributed by atoms with E-state index in [-0.39, 0.29) is 39.9 Å². The molecular weight excluding hydrogens is 660 g/mol. The van der Waals surface area contributed by atoms with Gasteiger partial charge >= 0.3 is 11.9 Å². The van der Waals surface area contributed by atoms with Gasteiger partial charge in [0.2, 0.25) is 12.6 Å². The van der Waals surface area contributed by atoms with Gasteiger partial charge in [-0.25, -0.2) is 0 Å². The lowest BCUT2D eigenvalue weighted by atomic mass is 9.99. The minimum Gasteiger partial charge on any atom is -0.508 e. The molecule has 1 aliphatic carbocycles. The van der Waals surface area contributed by atoms with Crippen molar-refractivity contribution in [1.82, 2.24) is 0 Å². The smallest absolute Gasteiger partial charge is 0.306 e. The first-order chi connectivity index (χ1) is 23.3. The topological polar surface area (TPSA) is 293 Å². The van der Waals surface area contributed by atoms with Crippen molar-refractivity contribution in [3.8, 4) is 39.9 Å². The number of carbonyl (C=O) groups is 2. The predicted molar refractivity (Wildman–Crippen MR) is 158 cm³/mol. The van der Waals surface area contributed by atoms with Gasteiger partial charge in [0.1, 0.15) is 72.7 Å². The summed E-state index contributed by atoms with van der Waals surface area (Å²) in [7, 11) is 0. The van der Waals surface area contributed by atoms with Crippen LogP contribution in [0.15, 0.2) is 51.7 Å². The summed E-state index contributed by atoms with van der Waals surface area (Å²) in [6.45, 7) is -1.40. The molecule has 3 heterocycles. The Bertz CT molecular complexity index is 1640. The normalized spacial score (nSPS) is 30.1. The number of aliphatic carboxylic acids is 1. The van der Waals surface area contributed by atoms with Crippen LogP contribution >= 0.6 is 0 Å². The maximum absolute atomic E-state index is 12.7. The molecule has 1 aromatic rings. The molecule has 0 radical (unpaired) electrons. The van der Waals surface area contributed by atoms with Gasteiger partial charge in [0, 0.05) is 17.7 Å². The summed E-state index contributed by atoms with van der Waals surface area (Å²) in [5, 5.41) is 90.8. The molecule has 2 fully saturated rings. The van der Waals surface area contributed by atoms with Gasteiger partial charge < -0.3 is 74.1 Å². The van der Waals surface area contributed by atoms with E-state index in [1.165, 1.54) is 30.3 Å². The number of phenols is 1. The van der Waals surface area contributed by atoms with E-state index >= 15 is 0 Å². The van der Waals surface area contributed by atoms with Crippen molar-refractivity contribution in [3.63, 3.8) is 0 Å². The molecule has 9 N–H and O–H groups in total. The number of rotatable bonds is 11. The Morgan fingerprint density at radius 1 is 0.735 bits per heavy atom. The number of hydrogen-bond donors (Lipinski definition) is 9. The molecule has 10 atom stereocenters. The fourth-order valence-corrected chi connectivity index (χ4v) is 5.18. The second-order valence-corrected chi connectivity index (χ2v) is 11.3. The van der Waals surface area contributed by atoms with Crippen LogP contribution in [-0.4, -0.2) is 133 Å². The Balaban J connectivity index is 1.50. The van der Waals surface area contributed by atoms with Crippen LogP contribution in [0.4, 0.5) is 0 Å². The summed E-state index contributed by atoms with van der Waals surface area (Å²) in [6.07, 6.45) is -18.1. The molecular formula is C31H34O18. The molecule has 5 rings (SSSR count). The number of carboxylic acid groups (broad SMARTS) is 1. The van der Waals surface area contributed by atoms with Crippen molar-refractivity contribution in [2.24, 2.45) is 0 Å². The molecule has 0 bridgehead atoms. The molecule has 4 aliphatic rings. The predicted octanol–water partition coefficient (Wildman–Crippen LogP) is -2.11. The summed E-state index contributed by atoms with van der Waals surface area (Å²) in [4.78, 5) is 35.4. The molecule has 3 aliphatic heterocycles. The Labute approximate surface area is 275 Å². The first-order valence-electron chi connectivity index (χ1n) is 14.9. The lowest BCUT2D eigenvalue weighted by molar-refractivity contribution is -0.278. The number of fused-ring (bicyclic) bond motifs is 1. The average Bonchev–Trinajstić information content (AvgIpc) is 3.07. The van der Waals surface area contributed by atoms with Crippen LogP contribution in [0.3, 0.4) is 0 Å². The lowest BCUT2D eigenvalue weighted by Gasteiger charge is -2.40. The molecule has 49 heavy (non-hydrogen) atoms. The average molecular weight is 695 g/mol. The van der Waals surface area contributed by atoms with E-state index in [1.807, 2.05) is 0 Å². The van der Waals surface area contributed by atoms with Crippen LogP contribution in [-0.2, 0) is 23.8 Å². The largest absolute Gasteiger partial charge is 0.508 e. The third kappa shape index (κ3) is 7.93. The molecule has 18 nitrogen and oxygen atoms in total. The van der Waals surface area contributed by atoms with Crippen molar-refractivity contribution in [3.05, 3.63) is 52.7 Å². The molecule has 2 saturated heterocycles. The fraction of sp³-hybridized carbons (Fsp3) is 0.452. The second-order valence-electron chi connectivity index (χ2n) is 11.3. The summed E-state index contributed by atoms with van der Waals surface area (Å²) in [5.41, 5.74) is -0.355. The van der Waals surface area contributed by atoms with Gasteiger partial charge in [0.15, 0.2) is 16.9 Å². The zero-order valence-electron chi connectivity index (χ0n) is 25.3. The molecule has 0 unspecified atom stereocenters. The number of ether oxygens (including phenoxy) is 5. The van der Waals surface area contributed by atoms with Crippen LogP contribution < -0.4 is 14.9 Å². The number of aliphatic hydroxyl groups is 7. The number of hydrogen-bond acceptors (Lipinski definition) is 17. The first kappa shape index (κ1) is 35.9. The second kappa shape index (κ2) is 15.0. The monoisotopic (exact) mass is 694 g/mol. The minimum atomic E-state index is -1.90. The highest BCUT2D eigenvalue weighted by Crippen LogP contribution is 2.43. The van der Waals surface area contributed by atoms with Crippen LogP contribution in [0, 0.1) is 0 Å². The van der Waals surface area contributed by atoms with E-state index in [4.69, 9.17) is 33.2 Å². The Kier molecular flexibility index (Phi) is 11.0. The highest BCUT2D eigenvalue weighted by molar-refractivity contribution is 5.77. The number of aliphatic hydroxyl groups excluding tert-OH is 7. The number of aromatic hydroxyl groups is 1. The van der Waals surface area contributed by atoms with Crippen LogP contribution in [0.2, 0.25) is 0 Å². The van der Waals surface area contributed by atoms with Gasteiger partial charge in [0.25, 0.3) is 0 Å². The number of benzene rings is 2. The van der Waals surface area contributed by atoms with Gasteiger partial charge in [-0.2, -0.15) is 0 Å². The summed E-state index contributed by atoms with van der Waals surface area (Å²) in [6, 6.07) is 8.84. The number of carboxylic acids is 1. The third-order valence-corrected chi connectivity index (χ3v) is 7.87. The van der Waals surface area contributed by atoms with Crippen LogP contribution in [0.5, 0.6) is 17.2 Å². The molecule has 0 spiro atoms. The molecule has 0 saturated carbocycles. The van der Waals surface area contributed by atoms with Gasteiger partial charge in [-0.1, -0.05) is 0 Å². The number of carbonyl (C=O) groups excluding carboxylic acids is 1. The minimum absolute atomic E-state index is 0.00359. The van der Waals surface area contributed by atoms with Crippen LogP contribution in [0.1, 0.15) is 12.8 Å². The summed E-state index contributed by atoms with van der Waals surface area (Å²) < 4.78 is 33.7. The highest BCUT2D eigenvalue weighted by atomic mass is 16.7. The third-order valence-electron chi connectivity index (χ3n) is 7.87. The van der Waals surface area contributed by atoms with Crippen molar-refractivity contribution in [1.29, 1.82) is 0 Å². The lowest BCUT2D eigenvalue weighted by Crippen LogP contribution is -2.60. The van der Waals surface area contributed by atoms with E-state index in [0.717, 1.165) is 12.1 Å². The van der Waals surface area contributed by atoms with Gasteiger partial charge in [-0.05, 0) is 30.3 Å². The Morgan fingerprint density at radius 3 is 1.94 bits per heavy atom. The van der Waals surface area contributed by atoms with Crippen molar-refractivity contribution < 1.29 is 83.6 Å². The van der Waals surface area contributed by atoms with E-state index < -0.39 is 105 Å². The van der Waals surface area contributed by atoms with Gasteiger partial charge in [-0.15, -0.1) is 0 Å². The Morgan fingerprint density at radius 2 is 1.33 bits per heavy atom. The van der Waals surface area contributed by atoms with E-state index in [2.05, 4.69) is 0 Å². The Hall–Kier alpha value is -4.37. The van der Waals surface area contributed by atoms with E-state index in [0.29, 0.717) is 0 Å². The SMILES string of the molecule is O=C(O)CCC(=O)OC[C@H]1O[C@@H](Oc2cc3c(O[C@@H]4O[C@H](CO)[C@@H](O)[C@H](O)[C@H]4O)cc(=O)cc-3oc2-c2ccc(O)cc2)[C@H](O)[C@@H](O)[C@@H]1O. The van der Waals surface area contributed by atoms with Crippen LogP contribution in [0.25, 0.3) is 22.6 Å². The molecule has 18 heteroatoms. The van der Waals surface area contributed by atoms with Crippen molar-refractivity contribution in [2.75, 3.05) is 13.2 Å². The van der Waals surface area contributed by atoms with Crippen molar-refractivity contribution >= 4 is 11.9 Å². The van der Waals surface area contributed by atoms with Crippen molar-refractivity contribution in [2.45, 2.75) is 74.3 Å². The zero-order chi connectivity index (χ0) is 35.6. The number of esters is 1. The summed E-state index contributed by atoms with van der Waals surface area (Å²) in [5.74, 6) is -2.96.